The van der Waals surface area contributed by atoms with Gasteiger partial charge in [-0.05, 0) is 49.6 Å². The zero-order valence-corrected chi connectivity index (χ0v) is 18.7. The number of carbonyl (C=O) groups is 2. The number of benzene rings is 3. The third-order valence-corrected chi connectivity index (χ3v) is 4.91. The number of rotatable bonds is 12. The molecular formula is C27H29NO5. The first-order valence-electron chi connectivity index (χ1n) is 11.0. The van der Waals surface area contributed by atoms with Crippen LogP contribution in [0.4, 0.5) is 0 Å². The van der Waals surface area contributed by atoms with Gasteiger partial charge in [0.05, 0.1) is 0 Å². The van der Waals surface area contributed by atoms with Crippen molar-refractivity contribution in [1.29, 1.82) is 0 Å². The molecule has 0 unspecified atom stereocenters. The van der Waals surface area contributed by atoms with E-state index in [1.165, 1.54) is 5.56 Å². The molecule has 172 valence electrons. The summed E-state index contributed by atoms with van der Waals surface area (Å²) in [5.41, 5.74) is 1.48. The largest absolute Gasteiger partial charge is 0.490 e. The molecule has 33 heavy (non-hydrogen) atoms. The normalized spacial score (nSPS) is 11.3. The summed E-state index contributed by atoms with van der Waals surface area (Å²) in [4.78, 5) is 24.7. The summed E-state index contributed by atoms with van der Waals surface area (Å²) in [5, 5.41) is 2.87. The van der Waals surface area contributed by atoms with Crippen molar-refractivity contribution in [3.05, 3.63) is 96.1 Å². The maximum absolute atomic E-state index is 12.5. The molecule has 0 fully saturated rings. The van der Waals surface area contributed by atoms with E-state index in [0.717, 1.165) is 18.6 Å². The average Bonchev–Trinajstić information content (AvgIpc) is 2.85. The SMILES string of the molecule is C[C@H](CCc1ccccc1)NC(=O)COC(=O)c1ccccc1OCCOc1ccccc1. The number of hydrogen-bond acceptors (Lipinski definition) is 5. The molecular weight excluding hydrogens is 418 g/mol. The maximum atomic E-state index is 12.5. The van der Waals surface area contributed by atoms with Crippen LogP contribution >= 0.6 is 0 Å². The summed E-state index contributed by atoms with van der Waals surface area (Å²) in [7, 11) is 0. The highest BCUT2D eigenvalue weighted by Crippen LogP contribution is 2.19. The van der Waals surface area contributed by atoms with E-state index < -0.39 is 5.97 Å². The topological polar surface area (TPSA) is 73.9 Å². The molecule has 6 heteroatoms. The lowest BCUT2D eigenvalue weighted by molar-refractivity contribution is -0.124. The lowest BCUT2D eigenvalue weighted by atomic mass is 10.1. The fourth-order valence-corrected chi connectivity index (χ4v) is 3.21. The van der Waals surface area contributed by atoms with Crippen LogP contribution in [-0.4, -0.2) is 37.7 Å². The zero-order valence-electron chi connectivity index (χ0n) is 18.7. The molecule has 0 saturated heterocycles. The molecule has 0 bridgehead atoms. The molecule has 6 nitrogen and oxygen atoms in total. The third-order valence-electron chi connectivity index (χ3n) is 4.91. The Bertz CT molecular complexity index is 1010. The van der Waals surface area contributed by atoms with Crippen LogP contribution in [0.5, 0.6) is 11.5 Å². The van der Waals surface area contributed by atoms with E-state index >= 15 is 0 Å². The second-order valence-electron chi connectivity index (χ2n) is 7.58. The predicted octanol–water partition coefficient (Wildman–Crippen LogP) is 4.44. The first-order chi connectivity index (χ1) is 16.1. The predicted molar refractivity (Wildman–Crippen MR) is 127 cm³/mol. The lowest BCUT2D eigenvalue weighted by Gasteiger charge is -2.15. The molecule has 0 aromatic heterocycles. The molecule has 0 radical (unpaired) electrons. The smallest absolute Gasteiger partial charge is 0.342 e. The Morgan fingerprint density at radius 1 is 0.818 bits per heavy atom. The molecule has 3 aromatic rings. The van der Waals surface area contributed by atoms with E-state index in [2.05, 4.69) is 17.4 Å². The van der Waals surface area contributed by atoms with Crippen molar-refractivity contribution in [2.24, 2.45) is 0 Å². The summed E-state index contributed by atoms with van der Waals surface area (Å²) < 4.78 is 16.5. The van der Waals surface area contributed by atoms with Gasteiger partial charge < -0.3 is 19.5 Å². The fraction of sp³-hybridized carbons (Fsp3) is 0.259. The van der Waals surface area contributed by atoms with Crippen LogP contribution in [0.3, 0.4) is 0 Å². The van der Waals surface area contributed by atoms with Gasteiger partial charge in [0.2, 0.25) is 0 Å². The molecule has 1 N–H and O–H groups in total. The monoisotopic (exact) mass is 447 g/mol. The van der Waals surface area contributed by atoms with E-state index in [-0.39, 0.29) is 30.7 Å². The average molecular weight is 448 g/mol. The first kappa shape index (κ1) is 23.9. The van der Waals surface area contributed by atoms with Gasteiger partial charge in [-0.2, -0.15) is 0 Å². The van der Waals surface area contributed by atoms with Crippen LogP contribution in [0.15, 0.2) is 84.9 Å². The quantitative estimate of drug-likeness (QED) is 0.328. The molecule has 0 heterocycles. The van der Waals surface area contributed by atoms with Gasteiger partial charge in [0.1, 0.15) is 30.3 Å². The minimum absolute atomic E-state index is 0.0309. The second-order valence-corrected chi connectivity index (χ2v) is 7.58. The number of ether oxygens (including phenoxy) is 3. The van der Waals surface area contributed by atoms with E-state index in [4.69, 9.17) is 14.2 Å². The van der Waals surface area contributed by atoms with E-state index in [9.17, 15) is 9.59 Å². The Labute approximate surface area is 194 Å². The van der Waals surface area contributed by atoms with E-state index in [0.29, 0.717) is 12.4 Å². The van der Waals surface area contributed by atoms with Gasteiger partial charge in [0, 0.05) is 6.04 Å². The Morgan fingerprint density at radius 2 is 1.45 bits per heavy atom. The standard InChI is InChI=1S/C27H29NO5/c1-21(16-17-22-10-4-2-5-11-22)28-26(29)20-33-27(30)24-14-8-9-15-25(24)32-19-18-31-23-12-6-3-7-13-23/h2-15,21H,16-20H2,1H3,(H,28,29)/t21-/m1/s1. The maximum Gasteiger partial charge on any atom is 0.342 e. The van der Waals surface area contributed by atoms with Gasteiger partial charge in [-0.15, -0.1) is 0 Å². The summed E-state index contributed by atoms with van der Waals surface area (Å²) in [6.07, 6.45) is 1.66. The number of esters is 1. The minimum atomic E-state index is -0.610. The van der Waals surface area contributed by atoms with Crippen molar-refractivity contribution < 1.29 is 23.8 Å². The molecule has 0 saturated carbocycles. The van der Waals surface area contributed by atoms with Crippen LogP contribution < -0.4 is 14.8 Å². The number of aryl methyl sites for hydroxylation is 1. The second kappa shape index (κ2) is 12.9. The number of para-hydroxylation sites is 2. The van der Waals surface area contributed by atoms with Crippen molar-refractivity contribution in [3.8, 4) is 11.5 Å². The summed E-state index contributed by atoms with van der Waals surface area (Å²) >= 11 is 0. The fourth-order valence-electron chi connectivity index (χ4n) is 3.21. The van der Waals surface area contributed by atoms with Crippen LogP contribution in [-0.2, 0) is 16.0 Å². The van der Waals surface area contributed by atoms with Crippen LogP contribution in [0, 0.1) is 0 Å². The van der Waals surface area contributed by atoms with Crippen molar-refractivity contribution in [2.45, 2.75) is 25.8 Å². The lowest BCUT2D eigenvalue weighted by Crippen LogP contribution is -2.36. The van der Waals surface area contributed by atoms with Gasteiger partial charge in [0.15, 0.2) is 6.61 Å². The van der Waals surface area contributed by atoms with E-state index in [1.54, 1.807) is 24.3 Å². The molecule has 3 rings (SSSR count). The Morgan fingerprint density at radius 3 is 2.21 bits per heavy atom. The molecule has 1 atom stereocenters. The van der Waals surface area contributed by atoms with Gasteiger partial charge in [0.25, 0.3) is 5.91 Å². The van der Waals surface area contributed by atoms with Crippen LogP contribution in [0.1, 0.15) is 29.3 Å². The third kappa shape index (κ3) is 8.33. The van der Waals surface area contributed by atoms with Crippen molar-refractivity contribution in [2.75, 3.05) is 19.8 Å². The van der Waals surface area contributed by atoms with Gasteiger partial charge in [-0.3, -0.25) is 4.79 Å². The van der Waals surface area contributed by atoms with Crippen LogP contribution in [0.2, 0.25) is 0 Å². The number of amides is 1. The van der Waals surface area contributed by atoms with Crippen molar-refractivity contribution in [1.82, 2.24) is 5.32 Å². The number of nitrogens with one attached hydrogen (secondary N) is 1. The minimum Gasteiger partial charge on any atom is -0.490 e. The highest BCUT2D eigenvalue weighted by Gasteiger charge is 2.16. The Hall–Kier alpha value is -3.80. The number of carbonyl (C=O) groups excluding carboxylic acids is 2. The highest BCUT2D eigenvalue weighted by molar-refractivity contribution is 5.94. The molecule has 0 spiro atoms. The van der Waals surface area contributed by atoms with Crippen molar-refractivity contribution in [3.63, 3.8) is 0 Å². The molecule has 3 aromatic carbocycles. The van der Waals surface area contributed by atoms with Gasteiger partial charge in [-0.1, -0.05) is 60.7 Å². The summed E-state index contributed by atoms with van der Waals surface area (Å²) in [5.74, 6) is 0.189. The molecule has 1 amide bonds. The zero-order chi connectivity index (χ0) is 23.3. The Kier molecular flexibility index (Phi) is 9.33. The summed E-state index contributed by atoms with van der Waals surface area (Å²) in [6.45, 7) is 2.18. The van der Waals surface area contributed by atoms with Crippen LogP contribution in [0.25, 0.3) is 0 Å². The van der Waals surface area contributed by atoms with Crippen molar-refractivity contribution >= 4 is 11.9 Å². The molecule has 0 aliphatic carbocycles. The molecule has 0 aliphatic rings. The number of hydrogen-bond donors (Lipinski definition) is 1. The molecule has 0 aliphatic heterocycles. The highest BCUT2D eigenvalue weighted by atomic mass is 16.5. The van der Waals surface area contributed by atoms with Gasteiger partial charge in [-0.25, -0.2) is 4.79 Å². The summed E-state index contributed by atoms with van der Waals surface area (Å²) in [6, 6.07) is 26.3. The van der Waals surface area contributed by atoms with E-state index in [1.807, 2.05) is 55.5 Å². The first-order valence-corrected chi connectivity index (χ1v) is 11.0. The Balaban J connectivity index is 1.40. The van der Waals surface area contributed by atoms with Gasteiger partial charge >= 0.3 is 5.97 Å².